The Hall–Kier alpha value is -2.19. The molecule has 0 bridgehead atoms. The lowest BCUT2D eigenvalue weighted by molar-refractivity contribution is -0.120. The Morgan fingerprint density at radius 2 is 2.07 bits per heavy atom. The molecule has 0 spiro atoms. The van der Waals surface area contributed by atoms with Gasteiger partial charge >= 0.3 is 0 Å². The average molecular weight is 406 g/mol. The number of amides is 1. The molecule has 2 aromatic heterocycles. The Kier molecular flexibility index (Phi) is 5.96. The second-order valence-electron chi connectivity index (χ2n) is 6.14. The third-order valence-electron chi connectivity index (χ3n) is 4.06. The van der Waals surface area contributed by atoms with E-state index in [-0.39, 0.29) is 22.5 Å². The summed E-state index contributed by atoms with van der Waals surface area (Å²) < 4.78 is 13.2. The number of nitrogens with zero attached hydrogens (tertiary/aromatic N) is 1. The maximum atomic E-state index is 13.2. The minimum Gasteiger partial charge on any atom is -0.355 e. The molecular formula is C19H20FN3O2S2. The molecule has 0 unspecified atom stereocenters. The zero-order chi connectivity index (χ0) is 19.6. The van der Waals surface area contributed by atoms with Crippen molar-refractivity contribution in [2.75, 3.05) is 6.54 Å². The fraction of sp³-hybridized carbons (Fsp3) is 0.316. The number of carbonyl (C=O) groups excluding carboxylic acids is 1. The third kappa shape index (κ3) is 4.22. The number of H-pyrrole nitrogens is 1. The Labute approximate surface area is 164 Å². The van der Waals surface area contributed by atoms with Crippen LogP contribution in [0.25, 0.3) is 21.3 Å². The van der Waals surface area contributed by atoms with Crippen molar-refractivity contribution >= 4 is 39.2 Å². The van der Waals surface area contributed by atoms with Crippen LogP contribution in [0.2, 0.25) is 0 Å². The maximum absolute atomic E-state index is 13.2. The number of aromatic nitrogens is 2. The molecule has 142 valence electrons. The standard InChI is InChI=1S/C19H20FN3O2S2/c1-4-9-21-16(24)11(3)27-19-22-17(25)15-14(10(2)26-18(15)23-19)12-5-7-13(20)8-6-12/h5-8,11H,4,9H2,1-3H3,(H,21,24)(H,22,23,25)/t11-/m0/s1. The summed E-state index contributed by atoms with van der Waals surface area (Å²) in [6.07, 6.45) is 0.866. The summed E-state index contributed by atoms with van der Waals surface area (Å²) in [7, 11) is 0. The number of halogens is 1. The summed E-state index contributed by atoms with van der Waals surface area (Å²) in [5.41, 5.74) is 1.29. The van der Waals surface area contributed by atoms with E-state index >= 15 is 0 Å². The second-order valence-corrected chi connectivity index (χ2v) is 8.68. The minimum absolute atomic E-state index is 0.0843. The van der Waals surface area contributed by atoms with E-state index in [9.17, 15) is 14.0 Å². The van der Waals surface area contributed by atoms with E-state index in [4.69, 9.17) is 0 Å². The van der Waals surface area contributed by atoms with Crippen LogP contribution < -0.4 is 10.9 Å². The third-order valence-corrected chi connectivity index (χ3v) is 6.04. The van der Waals surface area contributed by atoms with Crippen molar-refractivity contribution in [3.63, 3.8) is 0 Å². The van der Waals surface area contributed by atoms with Gasteiger partial charge in [-0.3, -0.25) is 9.59 Å². The van der Waals surface area contributed by atoms with Gasteiger partial charge in [-0.15, -0.1) is 11.3 Å². The van der Waals surface area contributed by atoms with Crippen molar-refractivity contribution in [3.05, 3.63) is 45.3 Å². The van der Waals surface area contributed by atoms with Gasteiger partial charge in [-0.25, -0.2) is 9.37 Å². The number of thioether (sulfide) groups is 1. The van der Waals surface area contributed by atoms with E-state index in [0.717, 1.165) is 22.4 Å². The first-order valence-corrected chi connectivity index (χ1v) is 10.3. The Morgan fingerprint density at radius 3 is 2.74 bits per heavy atom. The van der Waals surface area contributed by atoms with Gasteiger partial charge in [0, 0.05) is 17.0 Å². The molecule has 0 aliphatic heterocycles. The van der Waals surface area contributed by atoms with E-state index < -0.39 is 0 Å². The molecule has 0 aliphatic rings. The fourth-order valence-corrected chi connectivity index (χ4v) is 4.66. The van der Waals surface area contributed by atoms with Crippen LogP contribution in [-0.2, 0) is 4.79 Å². The van der Waals surface area contributed by atoms with Crippen LogP contribution in [0.4, 0.5) is 4.39 Å². The van der Waals surface area contributed by atoms with Crippen LogP contribution in [0.1, 0.15) is 25.1 Å². The number of rotatable bonds is 6. The second kappa shape index (κ2) is 8.22. The van der Waals surface area contributed by atoms with Crippen molar-refractivity contribution < 1.29 is 9.18 Å². The maximum Gasteiger partial charge on any atom is 0.260 e. The predicted octanol–water partition coefficient (Wildman–Crippen LogP) is 4.11. The molecule has 1 aromatic carbocycles. The lowest BCUT2D eigenvalue weighted by atomic mass is 10.0. The number of aryl methyl sites for hydroxylation is 1. The summed E-state index contributed by atoms with van der Waals surface area (Å²) in [5, 5.41) is 3.38. The predicted molar refractivity (Wildman–Crippen MR) is 109 cm³/mol. The van der Waals surface area contributed by atoms with Crippen LogP contribution >= 0.6 is 23.1 Å². The highest BCUT2D eigenvalue weighted by molar-refractivity contribution is 8.00. The molecule has 0 aliphatic carbocycles. The molecule has 27 heavy (non-hydrogen) atoms. The largest absolute Gasteiger partial charge is 0.355 e. The first kappa shape index (κ1) is 19.6. The van der Waals surface area contributed by atoms with E-state index in [1.54, 1.807) is 19.1 Å². The van der Waals surface area contributed by atoms with Crippen molar-refractivity contribution in [2.45, 2.75) is 37.6 Å². The van der Waals surface area contributed by atoms with Gasteiger partial charge in [0.2, 0.25) is 5.91 Å². The molecule has 3 rings (SSSR count). The van der Waals surface area contributed by atoms with Crippen molar-refractivity contribution in [3.8, 4) is 11.1 Å². The molecule has 3 aromatic rings. The monoisotopic (exact) mass is 405 g/mol. The van der Waals surface area contributed by atoms with E-state index in [1.807, 2.05) is 13.8 Å². The Morgan fingerprint density at radius 1 is 1.37 bits per heavy atom. The van der Waals surface area contributed by atoms with Crippen LogP contribution in [0.15, 0.2) is 34.2 Å². The summed E-state index contributed by atoms with van der Waals surface area (Å²) in [4.78, 5) is 33.6. The molecular weight excluding hydrogens is 385 g/mol. The van der Waals surface area contributed by atoms with Crippen LogP contribution in [0.3, 0.4) is 0 Å². The number of hydrogen-bond donors (Lipinski definition) is 2. The smallest absolute Gasteiger partial charge is 0.260 e. The molecule has 2 heterocycles. The SMILES string of the molecule is CCCNC(=O)[C@H](C)Sc1nc2sc(C)c(-c3ccc(F)cc3)c2c(=O)[nH]1. The van der Waals surface area contributed by atoms with Gasteiger partial charge in [0.05, 0.1) is 10.6 Å². The number of nitrogens with one attached hydrogen (secondary N) is 2. The van der Waals surface area contributed by atoms with Crippen LogP contribution in [-0.4, -0.2) is 27.7 Å². The molecule has 1 amide bonds. The first-order valence-electron chi connectivity index (χ1n) is 8.64. The van der Waals surface area contributed by atoms with Gasteiger partial charge in [-0.1, -0.05) is 30.8 Å². The zero-order valence-electron chi connectivity index (χ0n) is 15.3. The van der Waals surface area contributed by atoms with Crippen LogP contribution in [0, 0.1) is 12.7 Å². The first-order chi connectivity index (χ1) is 12.9. The van der Waals surface area contributed by atoms with Gasteiger partial charge in [-0.05, 0) is 38.0 Å². The number of benzene rings is 1. The molecule has 8 heteroatoms. The van der Waals surface area contributed by atoms with E-state index in [2.05, 4.69) is 15.3 Å². The summed E-state index contributed by atoms with van der Waals surface area (Å²) in [5.74, 6) is -0.407. The Bertz CT molecular complexity index is 1030. The molecule has 0 fully saturated rings. The fourth-order valence-electron chi connectivity index (χ4n) is 2.73. The lowest BCUT2D eigenvalue weighted by Gasteiger charge is -2.10. The lowest BCUT2D eigenvalue weighted by Crippen LogP contribution is -2.31. The zero-order valence-corrected chi connectivity index (χ0v) is 16.9. The highest BCUT2D eigenvalue weighted by Crippen LogP contribution is 2.36. The van der Waals surface area contributed by atoms with Gasteiger partial charge in [-0.2, -0.15) is 0 Å². The van der Waals surface area contributed by atoms with Gasteiger partial charge < -0.3 is 10.3 Å². The van der Waals surface area contributed by atoms with Crippen molar-refractivity contribution in [2.24, 2.45) is 0 Å². The van der Waals surface area contributed by atoms with E-state index in [1.165, 1.54) is 35.2 Å². The topological polar surface area (TPSA) is 74.8 Å². The molecule has 0 radical (unpaired) electrons. The number of fused-ring (bicyclic) bond motifs is 1. The van der Waals surface area contributed by atoms with Gasteiger partial charge in [0.1, 0.15) is 10.6 Å². The van der Waals surface area contributed by atoms with Crippen molar-refractivity contribution in [1.82, 2.24) is 15.3 Å². The highest BCUT2D eigenvalue weighted by atomic mass is 32.2. The molecule has 2 N–H and O–H groups in total. The summed E-state index contributed by atoms with van der Waals surface area (Å²) in [6, 6.07) is 6.07. The molecule has 5 nitrogen and oxygen atoms in total. The number of thiophene rings is 1. The normalized spacial score (nSPS) is 12.3. The Balaban J connectivity index is 1.96. The van der Waals surface area contributed by atoms with Gasteiger partial charge in [0.15, 0.2) is 5.16 Å². The highest BCUT2D eigenvalue weighted by Gasteiger charge is 2.19. The number of carbonyl (C=O) groups is 1. The molecule has 0 saturated carbocycles. The minimum atomic E-state index is -0.366. The average Bonchev–Trinajstić information content (AvgIpc) is 2.96. The van der Waals surface area contributed by atoms with E-state index in [0.29, 0.717) is 21.9 Å². The number of aromatic amines is 1. The van der Waals surface area contributed by atoms with Gasteiger partial charge in [0.25, 0.3) is 5.56 Å². The van der Waals surface area contributed by atoms with Crippen LogP contribution in [0.5, 0.6) is 0 Å². The van der Waals surface area contributed by atoms with Crippen molar-refractivity contribution in [1.29, 1.82) is 0 Å². The summed E-state index contributed by atoms with van der Waals surface area (Å²) in [6.45, 7) is 6.31. The molecule has 0 saturated heterocycles. The molecule has 1 atom stereocenters. The quantitative estimate of drug-likeness (QED) is 0.478. The number of hydrogen-bond acceptors (Lipinski definition) is 5. The summed E-state index contributed by atoms with van der Waals surface area (Å²) >= 11 is 2.64.